The lowest BCUT2D eigenvalue weighted by Gasteiger charge is -2.38. The predicted molar refractivity (Wildman–Crippen MR) is 88.9 cm³/mol. The van der Waals surface area contributed by atoms with Gasteiger partial charge in [-0.3, -0.25) is 5.41 Å². The zero-order chi connectivity index (χ0) is 15.0. The van der Waals surface area contributed by atoms with Crippen LogP contribution in [0, 0.1) is 12.3 Å². The lowest BCUT2D eigenvalue weighted by Crippen LogP contribution is -2.37. The van der Waals surface area contributed by atoms with Gasteiger partial charge in [0, 0.05) is 25.7 Å². The smallest absolute Gasteiger partial charge is 0.124 e. The molecule has 1 aliphatic heterocycles. The molecule has 0 fully saturated rings. The third kappa shape index (κ3) is 2.23. The molecule has 0 atom stereocenters. The monoisotopic (exact) mass is 280 g/mol. The lowest BCUT2D eigenvalue weighted by molar-refractivity contribution is 0.819. The van der Waals surface area contributed by atoms with Gasteiger partial charge in [0.1, 0.15) is 5.84 Å². The summed E-state index contributed by atoms with van der Waals surface area (Å²) in [5, 5.41) is 7.86. The van der Waals surface area contributed by atoms with E-state index >= 15 is 0 Å². The van der Waals surface area contributed by atoms with Gasteiger partial charge in [0.15, 0.2) is 0 Å². The standard InChI is InChI=1S/C17H20N4/c1-12-6-5-7-13(17(18)19)16(12)21-11-10-20(2)14-8-3-4-9-15(14)21/h3-9H,10-11H2,1-2H3,(H3,18,19). The minimum Gasteiger partial charge on any atom is -0.384 e. The second kappa shape index (κ2) is 5.13. The molecule has 108 valence electrons. The summed E-state index contributed by atoms with van der Waals surface area (Å²) >= 11 is 0. The van der Waals surface area contributed by atoms with E-state index in [2.05, 4.69) is 54.1 Å². The van der Waals surface area contributed by atoms with Gasteiger partial charge in [-0.15, -0.1) is 0 Å². The van der Waals surface area contributed by atoms with Crippen LogP contribution < -0.4 is 15.5 Å². The summed E-state index contributed by atoms with van der Waals surface area (Å²) in [5.41, 5.74) is 11.2. The van der Waals surface area contributed by atoms with Crippen molar-refractivity contribution in [3.05, 3.63) is 53.6 Å². The van der Waals surface area contributed by atoms with E-state index in [1.165, 1.54) is 11.4 Å². The summed E-state index contributed by atoms with van der Waals surface area (Å²) in [6.07, 6.45) is 0. The van der Waals surface area contributed by atoms with Crippen molar-refractivity contribution in [3.8, 4) is 0 Å². The molecule has 3 N–H and O–H groups in total. The Morgan fingerprint density at radius 2 is 1.76 bits per heavy atom. The third-order valence-electron chi connectivity index (χ3n) is 4.04. The van der Waals surface area contributed by atoms with E-state index in [9.17, 15) is 0 Å². The molecule has 0 amide bonds. The van der Waals surface area contributed by atoms with Crippen LogP contribution in [-0.2, 0) is 0 Å². The molecule has 0 radical (unpaired) electrons. The molecule has 0 saturated heterocycles. The minimum absolute atomic E-state index is 0.116. The van der Waals surface area contributed by atoms with Crippen LogP contribution in [0.4, 0.5) is 17.1 Å². The molecular weight excluding hydrogens is 260 g/mol. The summed E-state index contributed by atoms with van der Waals surface area (Å²) < 4.78 is 0. The molecule has 2 aromatic rings. The second-order valence-corrected chi connectivity index (χ2v) is 5.45. The summed E-state index contributed by atoms with van der Waals surface area (Å²) in [7, 11) is 2.11. The van der Waals surface area contributed by atoms with Crippen LogP contribution in [0.25, 0.3) is 0 Å². The van der Waals surface area contributed by atoms with Crippen LogP contribution in [0.15, 0.2) is 42.5 Å². The Kier molecular flexibility index (Phi) is 3.29. The van der Waals surface area contributed by atoms with Crippen LogP contribution in [0.2, 0.25) is 0 Å². The van der Waals surface area contributed by atoms with Gasteiger partial charge < -0.3 is 15.5 Å². The molecule has 1 aliphatic rings. The number of nitrogen functional groups attached to an aromatic ring is 1. The van der Waals surface area contributed by atoms with Gasteiger partial charge in [-0.2, -0.15) is 0 Å². The maximum absolute atomic E-state index is 7.86. The number of likely N-dealkylation sites (N-methyl/N-ethyl adjacent to an activating group) is 1. The Balaban J connectivity index is 2.19. The van der Waals surface area contributed by atoms with E-state index in [1.54, 1.807) is 0 Å². The fraction of sp³-hybridized carbons (Fsp3) is 0.235. The minimum atomic E-state index is 0.116. The van der Waals surface area contributed by atoms with E-state index in [0.29, 0.717) is 0 Å². The Morgan fingerprint density at radius 3 is 2.48 bits per heavy atom. The Bertz CT molecular complexity index is 693. The highest BCUT2D eigenvalue weighted by Gasteiger charge is 2.24. The Hall–Kier alpha value is -2.49. The van der Waals surface area contributed by atoms with Crippen molar-refractivity contribution in [3.63, 3.8) is 0 Å². The lowest BCUT2D eigenvalue weighted by atomic mass is 10.0. The van der Waals surface area contributed by atoms with Crippen LogP contribution in [-0.4, -0.2) is 26.0 Å². The fourth-order valence-corrected chi connectivity index (χ4v) is 2.97. The normalized spacial score (nSPS) is 14.0. The predicted octanol–water partition coefficient (Wildman–Crippen LogP) is 2.87. The molecule has 0 saturated carbocycles. The number of hydrogen-bond donors (Lipinski definition) is 2. The number of nitrogens with zero attached hydrogens (tertiary/aromatic N) is 2. The summed E-state index contributed by atoms with van der Waals surface area (Å²) in [4.78, 5) is 4.54. The van der Waals surface area contributed by atoms with Crippen molar-refractivity contribution in [1.82, 2.24) is 0 Å². The van der Waals surface area contributed by atoms with Crippen LogP contribution >= 0.6 is 0 Å². The zero-order valence-electron chi connectivity index (χ0n) is 12.4. The molecule has 0 aromatic heterocycles. The number of amidine groups is 1. The molecule has 2 aromatic carbocycles. The molecule has 3 rings (SSSR count). The van der Waals surface area contributed by atoms with Crippen molar-refractivity contribution in [2.24, 2.45) is 5.73 Å². The van der Waals surface area contributed by atoms with Crippen molar-refractivity contribution >= 4 is 22.9 Å². The van der Waals surface area contributed by atoms with Gasteiger partial charge in [-0.05, 0) is 30.7 Å². The highest BCUT2D eigenvalue weighted by atomic mass is 15.3. The van der Waals surface area contributed by atoms with Crippen LogP contribution in [0.1, 0.15) is 11.1 Å². The number of nitrogens with one attached hydrogen (secondary N) is 1. The first-order valence-corrected chi connectivity index (χ1v) is 7.11. The molecule has 1 heterocycles. The topological polar surface area (TPSA) is 56.4 Å². The van der Waals surface area contributed by atoms with Crippen molar-refractivity contribution in [2.45, 2.75) is 6.92 Å². The van der Waals surface area contributed by atoms with E-state index in [-0.39, 0.29) is 5.84 Å². The SMILES string of the molecule is Cc1cccc(C(=N)N)c1N1CCN(C)c2ccccc21. The summed E-state index contributed by atoms with van der Waals surface area (Å²) in [5.74, 6) is 0.116. The molecule has 0 aliphatic carbocycles. The summed E-state index contributed by atoms with van der Waals surface area (Å²) in [6.45, 7) is 3.91. The van der Waals surface area contributed by atoms with Gasteiger partial charge in [-0.25, -0.2) is 0 Å². The number of rotatable bonds is 2. The van der Waals surface area contributed by atoms with E-state index in [1.807, 2.05) is 12.1 Å². The first-order valence-electron chi connectivity index (χ1n) is 7.11. The van der Waals surface area contributed by atoms with Gasteiger partial charge in [0.05, 0.1) is 17.1 Å². The molecule has 4 heteroatoms. The van der Waals surface area contributed by atoms with Gasteiger partial charge in [0.2, 0.25) is 0 Å². The number of fused-ring (bicyclic) bond motifs is 1. The first-order chi connectivity index (χ1) is 10.1. The molecule has 0 spiro atoms. The molecule has 0 bridgehead atoms. The Labute approximate surface area is 125 Å². The maximum atomic E-state index is 7.86. The van der Waals surface area contributed by atoms with E-state index in [4.69, 9.17) is 11.1 Å². The Morgan fingerprint density at radius 1 is 1.05 bits per heavy atom. The van der Waals surface area contributed by atoms with Crippen molar-refractivity contribution in [2.75, 3.05) is 29.9 Å². The van der Waals surface area contributed by atoms with Gasteiger partial charge >= 0.3 is 0 Å². The molecule has 4 nitrogen and oxygen atoms in total. The highest BCUT2D eigenvalue weighted by Crippen LogP contribution is 2.39. The number of nitrogens with two attached hydrogens (primary N) is 1. The number of hydrogen-bond acceptors (Lipinski definition) is 3. The average Bonchev–Trinajstić information content (AvgIpc) is 2.48. The van der Waals surface area contributed by atoms with Gasteiger partial charge in [0.25, 0.3) is 0 Å². The van der Waals surface area contributed by atoms with Gasteiger partial charge in [-0.1, -0.05) is 24.3 Å². The number of aryl methyl sites for hydroxylation is 1. The first kappa shape index (κ1) is 13.5. The molecular formula is C17H20N4. The molecule has 0 unspecified atom stereocenters. The quantitative estimate of drug-likeness (QED) is 0.657. The van der Waals surface area contributed by atoms with Crippen molar-refractivity contribution < 1.29 is 0 Å². The van der Waals surface area contributed by atoms with E-state index < -0.39 is 0 Å². The number of benzene rings is 2. The largest absolute Gasteiger partial charge is 0.384 e. The number of anilines is 3. The molecule has 21 heavy (non-hydrogen) atoms. The summed E-state index contributed by atoms with van der Waals surface area (Å²) in [6, 6.07) is 14.3. The number of para-hydroxylation sites is 3. The highest BCUT2D eigenvalue weighted by molar-refractivity contribution is 6.02. The third-order valence-corrected chi connectivity index (χ3v) is 4.04. The van der Waals surface area contributed by atoms with Crippen molar-refractivity contribution in [1.29, 1.82) is 5.41 Å². The second-order valence-electron chi connectivity index (χ2n) is 5.45. The van der Waals surface area contributed by atoms with Crippen LogP contribution in [0.5, 0.6) is 0 Å². The fourth-order valence-electron chi connectivity index (χ4n) is 2.97. The average molecular weight is 280 g/mol. The maximum Gasteiger partial charge on any atom is 0.124 e. The van der Waals surface area contributed by atoms with Crippen LogP contribution in [0.3, 0.4) is 0 Å². The van der Waals surface area contributed by atoms with E-state index in [0.717, 1.165) is 29.9 Å². The zero-order valence-corrected chi connectivity index (χ0v) is 12.4.